The smallest absolute Gasteiger partial charge is 0.312 e. The van der Waals surface area contributed by atoms with Crippen molar-refractivity contribution in [2.45, 2.75) is 38.6 Å². The number of piperidine rings is 1. The average Bonchev–Trinajstić information content (AvgIpc) is 3.41. The lowest BCUT2D eigenvalue weighted by molar-refractivity contribution is -0.144. The summed E-state index contributed by atoms with van der Waals surface area (Å²) in [6, 6.07) is 15.9. The molecular formula is C29H30N4O4S. The molecule has 3 aromatic rings. The van der Waals surface area contributed by atoms with Gasteiger partial charge in [-0.25, -0.2) is 9.69 Å². The molecule has 2 fully saturated rings. The quantitative estimate of drug-likeness (QED) is 0.494. The summed E-state index contributed by atoms with van der Waals surface area (Å²) >= 11 is 1.50. The van der Waals surface area contributed by atoms with Gasteiger partial charge in [-0.05, 0) is 54.0 Å². The van der Waals surface area contributed by atoms with Crippen molar-refractivity contribution in [2.75, 3.05) is 24.5 Å². The number of fused-ring (bicyclic) bond motifs is 4. The van der Waals surface area contributed by atoms with E-state index in [0.29, 0.717) is 25.3 Å². The Morgan fingerprint density at radius 1 is 0.974 bits per heavy atom. The van der Waals surface area contributed by atoms with Gasteiger partial charge in [0.05, 0.1) is 5.69 Å². The molecular weight excluding hydrogens is 500 g/mol. The van der Waals surface area contributed by atoms with E-state index in [0.717, 1.165) is 33.9 Å². The number of amides is 4. The van der Waals surface area contributed by atoms with Crippen LogP contribution in [0.15, 0.2) is 64.8 Å². The number of nitrogens with zero attached hydrogens (tertiary/aromatic N) is 3. The minimum atomic E-state index is -1.45. The first-order chi connectivity index (χ1) is 18.4. The van der Waals surface area contributed by atoms with Crippen LogP contribution in [0.1, 0.15) is 35.4 Å². The molecule has 8 nitrogen and oxygen atoms in total. The van der Waals surface area contributed by atoms with Crippen molar-refractivity contribution in [2.24, 2.45) is 11.3 Å². The van der Waals surface area contributed by atoms with E-state index in [1.165, 1.54) is 11.3 Å². The monoisotopic (exact) mass is 530 g/mol. The highest BCUT2D eigenvalue weighted by Gasteiger charge is 2.56. The molecule has 2 saturated heterocycles. The Hall–Kier alpha value is -3.56. The molecule has 0 unspecified atom stereocenters. The normalized spacial score (nSPS) is 25.3. The second-order valence-corrected chi connectivity index (χ2v) is 11.7. The molecule has 1 aromatic carbocycles. The van der Waals surface area contributed by atoms with Gasteiger partial charge in [0.1, 0.15) is 5.41 Å². The van der Waals surface area contributed by atoms with Crippen LogP contribution in [0, 0.1) is 11.3 Å². The van der Waals surface area contributed by atoms with Crippen LogP contribution in [0.4, 0.5) is 10.5 Å². The fourth-order valence-corrected chi connectivity index (χ4v) is 7.18. The standard InChI is InChI=1S/C29H30N4O4S/c1-2-19-8-10-22(11-9-19)33-27(36)29(26(35)30-28(33)37,14-23-5-4-12-38-23)18-31-15-20-13-21(17-31)24-6-3-7-25(34)32(24)16-20/h3-12,20-21H,2,13-18H2,1H3,(H,30,35,37)/t20-,21+,29-/m0/s1. The third kappa shape index (κ3) is 4.19. The van der Waals surface area contributed by atoms with E-state index >= 15 is 0 Å². The van der Waals surface area contributed by atoms with Gasteiger partial charge in [-0.15, -0.1) is 11.3 Å². The summed E-state index contributed by atoms with van der Waals surface area (Å²) in [5.41, 5.74) is 1.13. The maximum Gasteiger partial charge on any atom is 0.335 e. The topological polar surface area (TPSA) is 91.7 Å². The Labute approximate surface area is 224 Å². The third-order valence-corrected chi connectivity index (χ3v) is 9.05. The van der Waals surface area contributed by atoms with Crippen LogP contribution in [0.25, 0.3) is 0 Å². The van der Waals surface area contributed by atoms with Crippen LogP contribution < -0.4 is 15.8 Å². The van der Waals surface area contributed by atoms with Crippen LogP contribution in [0.3, 0.4) is 0 Å². The second kappa shape index (κ2) is 9.63. The molecule has 2 aromatic heterocycles. The highest BCUT2D eigenvalue weighted by Crippen LogP contribution is 2.39. The number of carbonyl (C=O) groups excluding carboxylic acids is 3. The van der Waals surface area contributed by atoms with Gasteiger partial charge in [0.25, 0.3) is 11.5 Å². The van der Waals surface area contributed by atoms with E-state index in [2.05, 4.69) is 10.2 Å². The minimum Gasteiger partial charge on any atom is -0.312 e. The number of hydrogen-bond acceptors (Lipinski definition) is 6. The molecule has 0 aliphatic carbocycles. The molecule has 9 heteroatoms. The third-order valence-electron chi connectivity index (χ3n) is 8.18. The van der Waals surface area contributed by atoms with Gasteiger partial charge in [0, 0.05) is 55.2 Å². The van der Waals surface area contributed by atoms with E-state index < -0.39 is 23.3 Å². The average molecular weight is 531 g/mol. The Kier molecular flexibility index (Phi) is 6.28. The molecule has 5 heterocycles. The van der Waals surface area contributed by atoms with Crippen molar-refractivity contribution in [1.82, 2.24) is 14.8 Å². The summed E-state index contributed by atoms with van der Waals surface area (Å²) in [6.45, 7) is 4.21. The number of aromatic nitrogens is 1. The maximum absolute atomic E-state index is 14.3. The zero-order chi connectivity index (χ0) is 26.4. The number of pyridine rings is 1. The molecule has 2 bridgehead atoms. The number of nitrogens with one attached hydrogen (secondary N) is 1. The van der Waals surface area contributed by atoms with Crippen LogP contribution in [0.2, 0.25) is 0 Å². The number of likely N-dealkylation sites (tertiary alicyclic amines) is 1. The number of carbonyl (C=O) groups is 3. The minimum absolute atomic E-state index is 0.0184. The van der Waals surface area contributed by atoms with E-state index in [1.807, 2.05) is 47.2 Å². The Bertz CT molecular complexity index is 1450. The molecule has 3 atom stereocenters. The van der Waals surface area contributed by atoms with Gasteiger partial charge >= 0.3 is 6.03 Å². The first-order valence-electron chi connectivity index (χ1n) is 13.1. The van der Waals surface area contributed by atoms with Crippen LogP contribution in [0.5, 0.6) is 0 Å². The zero-order valence-corrected chi connectivity index (χ0v) is 22.1. The number of thiophene rings is 1. The van der Waals surface area contributed by atoms with Gasteiger partial charge in [-0.3, -0.25) is 19.7 Å². The summed E-state index contributed by atoms with van der Waals surface area (Å²) in [5.74, 6) is -0.636. The summed E-state index contributed by atoms with van der Waals surface area (Å²) in [7, 11) is 0. The molecule has 196 valence electrons. The lowest BCUT2D eigenvalue weighted by Gasteiger charge is -2.47. The second-order valence-electron chi connectivity index (χ2n) is 10.7. The number of rotatable bonds is 6. The molecule has 6 rings (SSSR count). The highest BCUT2D eigenvalue weighted by molar-refractivity contribution is 7.09. The fourth-order valence-electron chi connectivity index (χ4n) is 6.36. The summed E-state index contributed by atoms with van der Waals surface area (Å²) in [4.78, 5) is 57.7. The first-order valence-corrected chi connectivity index (χ1v) is 14.0. The van der Waals surface area contributed by atoms with E-state index in [1.54, 1.807) is 24.3 Å². The SMILES string of the molecule is CCc1ccc(N2C(=O)NC(=O)[C@](Cc3cccs3)(CN3C[C@@H]4C[C@H](C3)c3cccc(=O)n3C4)C2=O)cc1. The van der Waals surface area contributed by atoms with Crippen LogP contribution >= 0.6 is 11.3 Å². The molecule has 3 aliphatic heterocycles. The first kappa shape index (κ1) is 24.8. The highest BCUT2D eigenvalue weighted by atomic mass is 32.1. The molecule has 0 radical (unpaired) electrons. The van der Waals surface area contributed by atoms with E-state index in [4.69, 9.17) is 0 Å². The van der Waals surface area contributed by atoms with Crippen molar-refractivity contribution in [3.63, 3.8) is 0 Å². The Balaban J connectivity index is 1.36. The zero-order valence-electron chi connectivity index (χ0n) is 21.3. The van der Waals surface area contributed by atoms with Crippen molar-refractivity contribution in [3.8, 4) is 0 Å². The van der Waals surface area contributed by atoms with Gasteiger partial charge < -0.3 is 9.47 Å². The molecule has 0 saturated carbocycles. The summed E-state index contributed by atoms with van der Waals surface area (Å²) in [6.07, 6.45) is 2.04. The van der Waals surface area contributed by atoms with E-state index in [-0.39, 0.29) is 30.4 Å². The van der Waals surface area contributed by atoms with Crippen LogP contribution in [-0.4, -0.2) is 46.9 Å². The molecule has 38 heavy (non-hydrogen) atoms. The lowest BCUT2D eigenvalue weighted by Crippen LogP contribution is -2.68. The number of aryl methyl sites for hydroxylation is 1. The van der Waals surface area contributed by atoms with Crippen molar-refractivity contribution in [3.05, 3.63) is 86.5 Å². The van der Waals surface area contributed by atoms with Crippen molar-refractivity contribution < 1.29 is 14.4 Å². The number of barbiturate groups is 1. The van der Waals surface area contributed by atoms with Crippen molar-refractivity contribution >= 4 is 34.9 Å². The maximum atomic E-state index is 14.3. The summed E-state index contributed by atoms with van der Waals surface area (Å²) in [5, 5.41) is 4.44. The predicted octanol–water partition coefficient (Wildman–Crippen LogP) is 3.40. The number of hydrogen-bond donors (Lipinski definition) is 1. The number of benzene rings is 1. The molecule has 3 aliphatic rings. The van der Waals surface area contributed by atoms with Crippen LogP contribution in [-0.2, 0) is 29.0 Å². The molecule has 0 spiro atoms. The van der Waals surface area contributed by atoms with Gasteiger partial charge in [-0.2, -0.15) is 0 Å². The Morgan fingerprint density at radius 2 is 1.79 bits per heavy atom. The van der Waals surface area contributed by atoms with Gasteiger partial charge in [-0.1, -0.05) is 31.2 Å². The number of anilines is 1. The van der Waals surface area contributed by atoms with E-state index in [9.17, 15) is 19.2 Å². The Morgan fingerprint density at radius 3 is 2.53 bits per heavy atom. The van der Waals surface area contributed by atoms with Crippen molar-refractivity contribution in [1.29, 1.82) is 0 Å². The predicted molar refractivity (Wildman–Crippen MR) is 145 cm³/mol. The fraction of sp³-hybridized carbons (Fsp3) is 0.379. The number of urea groups is 1. The largest absolute Gasteiger partial charge is 0.335 e. The molecule has 4 amide bonds. The molecule has 1 N–H and O–H groups in total. The summed E-state index contributed by atoms with van der Waals surface area (Å²) < 4.78 is 1.87. The number of imide groups is 2. The van der Waals surface area contributed by atoms with Gasteiger partial charge in [0.2, 0.25) is 5.91 Å². The van der Waals surface area contributed by atoms with Gasteiger partial charge in [0.15, 0.2) is 0 Å². The lowest BCUT2D eigenvalue weighted by atomic mass is 9.76.